The van der Waals surface area contributed by atoms with E-state index in [1.54, 1.807) is 6.26 Å². The molecule has 0 spiro atoms. The van der Waals surface area contributed by atoms with Crippen LogP contribution < -0.4 is 5.32 Å². The third-order valence-electron chi connectivity index (χ3n) is 3.90. The molecule has 0 atom stereocenters. The molecule has 1 aromatic rings. The van der Waals surface area contributed by atoms with Crippen LogP contribution in [0.4, 0.5) is 4.39 Å². The van der Waals surface area contributed by atoms with Crippen LogP contribution in [0.5, 0.6) is 0 Å². The van der Waals surface area contributed by atoms with Crippen molar-refractivity contribution in [2.24, 2.45) is 5.41 Å². The third kappa shape index (κ3) is 3.59. The van der Waals surface area contributed by atoms with Crippen molar-refractivity contribution in [3.8, 4) is 0 Å². The summed E-state index contributed by atoms with van der Waals surface area (Å²) in [5.74, 6) is -1.71. The quantitative estimate of drug-likeness (QED) is 0.811. The second-order valence-corrected chi connectivity index (χ2v) is 6.08. The number of carboxylic acid groups (broad SMARTS) is 1. The molecule has 5 nitrogen and oxygen atoms in total. The van der Waals surface area contributed by atoms with Crippen LogP contribution in [0.15, 0.2) is 23.1 Å². The maximum absolute atomic E-state index is 13.4. The first-order chi connectivity index (χ1) is 10.5. The summed E-state index contributed by atoms with van der Waals surface area (Å²) in [6, 6.07) is 4.09. The Labute approximate surface area is 132 Å². The molecule has 0 saturated carbocycles. The lowest BCUT2D eigenvalue weighted by atomic mass is 9.80. The van der Waals surface area contributed by atoms with E-state index in [0.29, 0.717) is 36.5 Å². The van der Waals surface area contributed by atoms with Crippen LogP contribution in [0.2, 0.25) is 0 Å². The summed E-state index contributed by atoms with van der Waals surface area (Å²) in [5, 5.41) is 12.1. The summed E-state index contributed by atoms with van der Waals surface area (Å²) in [6.07, 6.45) is 2.45. The van der Waals surface area contributed by atoms with Gasteiger partial charge in [-0.2, -0.15) is 0 Å². The van der Waals surface area contributed by atoms with Crippen LogP contribution in [0.25, 0.3) is 0 Å². The zero-order valence-corrected chi connectivity index (χ0v) is 13.0. The van der Waals surface area contributed by atoms with Crippen molar-refractivity contribution in [2.75, 3.05) is 26.0 Å². The smallest absolute Gasteiger partial charge is 0.311 e. The Morgan fingerprint density at radius 1 is 1.41 bits per heavy atom. The molecule has 0 radical (unpaired) electrons. The Morgan fingerprint density at radius 2 is 2.09 bits per heavy atom. The summed E-state index contributed by atoms with van der Waals surface area (Å²) < 4.78 is 18.6. The molecule has 120 valence electrons. The molecule has 1 aromatic carbocycles. The van der Waals surface area contributed by atoms with Gasteiger partial charge in [-0.1, -0.05) is 0 Å². The predicted molar refractivity (Wildman–Crippen MR) is 80.6 cm³/mol. The van der Waals surface area contributed by atoms with Crippen molar-refractivity contribution in [2.45, 2.75) is 17.7 Å². The van der Waals surface area contributed by atoms with Crippen LogP contribution in [-0.2, 0) is 9.53 Å². The Kier molecular flexibility index (Phi) is 5.42. The number of halogens is 1. The lowest BCUT2D eigenvalue weighted by Gasteiger charge is -2.33. The molecule has 1 saturated heterocycles. The number of carbonyl (C=O) groups excluding carboxylic acids is 1. The van der Waals surface area contributed by atoms with E-state index in [2.05, 4.69) is 5.32 Å². The molecule has 1 aliphatic heterocycles. The van der Waals surface area contributed by atoms with Crippen molar-refractivity contribution in [3.05, 3.63) is 29.6 Å². The minimum atomic E-state index is -0.990. The standard InChI is InChI=1S/C15H18FNO4S/c1-22-12-8-10(2-3-11(12)16)13(18)17-9-15(14(19)20)4-6-21-7-5-15/h2-3,8H,4-7,9H2,1H3,(H,17,18)(H,19,20). The number of nitrogens with one attached hydrogen (secondary N) is 1. The average molecular weight is 327 g/mol. The van der Waals surface area contributed by atoms with Crippen LogP contribution in [0, 0.1) is 11.2 Å². The van der Waals surface area contributed by atoms with Gasteiger partial charge in [0.25, 0.3) is 5.91 Å². The molecule has 1 fully saturated rings. The van der Waals surface area contributed by atoms with Crippen molar-refractivity contribution >= 4 is 23.6 Å². The third-order valence-corrected chi connectivity index (χ3v) is 4.66. The van der Waals surface area contributed by atoms with E-state index in [1.807, 2.05) is 0 Å². The maximum Gasteiger partial charge on any atom is 0.311 e. The molecule has 1 amide bonds. The van der Waals surface area contributed by atoms with Gasteiger partial charge in [0.05, 0.1) is 5.41 Å². The highest BCUT2D eigenvalue weighted by molar-refractivity contribution is 7.98. The number of carbonyl (C=O) groups is 2. The van der Waals surface area contributed by atoms with E-state index < -0.39 is 17.3 Å². The number of carboxylic acids is 1. The van der Waals surface area contributed by atoms with Crippen molar-refractivity contribution in [3.63, 3.8) is 0 Å². The molecular weight excluding hydrogens is 309 g/mol. The second kappa shape index (κ2) is 7.11. The molecule has 0 unspecified atom stereocenters. The van der Waals surface area contributed by atoms with Gasteiger partial charge < -0.3 is 15.2 Å². The average Bonchev–Trinajstić information content (AvgIpc) is 2.53. The van der Waals surface area contributed by atoms with E-state index >= 15 is 0 Å². The van der Waals surface area contributed by atoms with Gasteiger partial charge in [-0.05, 0) is 37.3 Å². The van der Waals surface area contributed by atoms with Crippen molar-refractivity contribution < 1.29 is 23.8 Å². The van der Waals surface area contributed by atoms with Gasteiger partial charge in [0.15, 0.2) is 0 Å². The molecule has 0 aromatic heterocycles. The lowest BCUT2D eigenvalue weighted by molar-refractivity contribution is -0.154. The SMILES string of the molecule is CSc1cc(C(=O)NCC2(C(=O)O)CCOCC2)ccc1F. The normalized spacial score (nSPS) is 17.0. The first kappa shape index (κ1) is 16.8. The zero-order valence-electron chi connectivity index (χ0n) is 12.2. The molecule has 0 aliphatic carbocycles. The Morgan fingerprint density at radius 3 is 2.68 bits per heavy atom. The largest absolute Gasteiger partial charge is 0.481 e. The van der Waals surface area contributed by atoms with Gasteiger partial charge >= 0.3 is 5.97 Å². The number of thioether (sulfide) groups is 1. The van der Waals surface area contributed by atoms with E-state index in [0.717, 1.165) is 0 Å². The highest BCUT2D eigenvalue weighted by Gasteiger charge is 2.40. The number of ether oxygens (including phenoxy) is 1. The molecule has 1 heterocycles. The lowest BCUT2D eigenvalue weighted by Crippen LogP contribution is -2.46. The Hall–Kier alpha value is -1.60. The minimum absolute atomic E-state index is 0.0382. The second-order valence-electron chi connectivity index (χ2n) is 5.23. The summed E-state index contributed by atoms with van der Waals surface area (Å²) in [5.41, 5.74) is -0.672. The van der Waals surface area contributed by atoms with Crippen LogP contribution in [-0.4, -0.2) is 43.0 Å². The summed E-state index contributed by atoms with van der Waals surface area (Å²) in [7, 11) is 0. The van der Waals surface area contributed by atoms with Gasteiger partial charge in [-0.15, -0.1) is 11.8 Å². The fourth-order valence-electron chi connectivity index (χ4n) is 2.38. The minimum Gasteiger partial charge on any atom is -0.481 e. The molecule has 0 bridgehead atoms. The number of aliphatic carboxylic acids is 1. The van der Waals surface area contributed by atoms with Gasteiger partial charge in [-0.25, -0.2) is 4.39 Å². The van der Waals surface area contributed by atoms with Gasteiger partial charge in [0.1, 0.15) is 5.82 Å². The Bertz CT molecular complexity index is 573. The van der Waals surface area contributed by atoms with Crippen molar-refractivity contribution in [1.29, 1.82) is 0 Å². The molecular formula is C15H18FNO4S. The number of hydrogen-bond donors (Lipinski definition) is 2. The zero-order chi connectivity index (χ0) is 16.2. The fraction of sp³-hybridized carbons (Fsp3) is 0.467. The number of amides is 1. The topological polar surface area (TPSA) is 75.6 Å². The van der Waals surface area contributed by atoms with Crippen LogP contribution in [0.1, 0.15) is 23.2 Å². The number of benzene rings is 1. The first-order valence-electron chi connectivity index (χ1n) is 6.91. The molecule has 2 rings (SSSR count). The van der Waals surface area contributed by atoms with Crippen molar-refractivity contribution in [1.82, 2.24) is 5.32 Å². The van der Waals surface area contributed by atoms with E-state index in [1.165, 1.54) is 30.0 Å². The van der Waals surface area contributed by atoms with Gasteiger partial charge in [0, 0.05) is 30.2 Å². The van der Waals surface area contributed by atoms with Gasteiger partial charge in [0.2, 0.25) is 0 Å². The number of hydrogen-bond acceptors (Lipinski definition) is 4. The first-order valence-corrected chi connectivity index (χ1v) is 8.14. The summed E-state index contributed by atoms with van der Waals surface area (Å²) in [4.78, 5) is 24.1. The molecule has 2 N–H and O–H groups in total. The summed E-state index contributed by atoms with van der Waals surface area (Å²) >= 11 is 1.21. The Balaban J connectivity index is 2.06. The van der Waals surface area contributed by atoms with E-state index in [-0.39, 0.29) is 12.4 Å². The monoisotopic (exact) mass is 327 g/mol. The van der Waals surface area contributed by atoms with E-state index in [9.17, 15) is 19.1 Å². The molecule has 22 heavy (non-hydrogen) atoms. The predicted octanol–water partition coefficient (Wildman–Crippen LogP) is 2.16. The van der Waals surface area contributed by atoms with Crippen LogP contribution in [0.3, 0.4) is 0 Å². The summed E-state index contributed by atoms with van der Waals surface area (Å²) in [6.45, 7) is 0.779. The molecule has 7 heteroatoms. The number of rotatable bonds is 5. The highest BCUT2D eigenvalue weighted by atomic mass is 32.2. The van der Waals surface area contributed by atoms with Crippen LogP contribution >= 0.6 is 11.8 Å². The fourth-order valence-corrected chi connectivity index (χ4v) is 2.89. The van der Waals surface area contributed by atoms with Gasteiger partial charge in [-0.3, -0.25) is 9.59 Å². The van der Waals surface area contributed by atoms with E-state index in [4.69, 9.17) is 4.74 Å². The highest BCUT2D eigenvalue weighted by Crippen LogP contribution is 2.30. The maximum atomic E-state index is 13.4. The molecule has 1 aliphatic rings.